The van der Waals surface area contributed by atoms with Gasteiger partial charge in [0.05, 0.1) is 7.11 Å². The van der Waals surface area contributed by atoms with Crippen molar-refractivity contribution in [3.05, 3.63) is 65.5 Å². The Labute approximate surface area is 192 Å². The molecular weight excluding hydrogens is 424 g/mol. The van der Waals surface area contributed by atoms with Crippen LogP contribution in [0.25, 0.3) is 11.5 Å². The van der Waals surface area contributed by atoms with Gasteiger partial charge in [-0.1, -0.05) is 31.2 Å². The summed E-state index contributed by atoms with van der Waals surface area (Å²) in [6.07, 6.45) is -1.38. The normalized spacial score (nSPS) is 16.6. The minimum Gasteiger partial charge on any atom is -0.493 e. The smallest absolute Gasteiger partial charge is 0.417 e. The highest BCUT2D eigenvalue weighted by Crippen LogP contribution is 2.37. The fourth-order valence-corrected chi connectivity index (χ4v) is 3.76. The summed E-state index contributed by atoms with van der Waals surface area (Å²) in [6.45, 7) is 5.94. The molecule has 0 saturated carbocycles. The molecule has 0 spiro atoms. The van der Waals surface area contributed by atoms with Gasteiger partial charge in [0.15, 0.2) is 11.5 Å². The third-order valence-corrected chi connectivity index (χ3v) is 5.41. The number of hydrogen-bond donors (Lipinski definition) is 0. The topological polar surface area (TPSA) is 91.1 Å². The summed E-state index contributed by atoms with van der Waals surface area (Å²) in [5.41, 5.74) is 2.08. The summed E-state index contributed by atoms with van der Waals surface area (Å²) in [5.74, 6) is 1.70. The summed E-state index contributed by atoms with van der Waals surface area (Å²) in [7, 11) is 1.51. The van der Waals surface area contributed by atoms with Crippen molar-refractivity contribution >= 4 is 12.0 Å². The Bertz CT molecular complexity index is 1160. The number of carbonyl (C=O) groups excluding carboxylic acids is 2. The predicted molar refractivity (Wildman–Crippen MR) is 120 cm³/mol. The van der Waals surface area contributed by atoms with Crippen molar-refractivity contribution in [3.63, 3.8) is 0 Å². The first kappa shape index (κ1) is 22.4. The van der Waals surface area contributed by atoms with E-state index < -0.39 is 18.3 Å². The van der Waals surface area contributed by atoms with Gasteiger partial charge in [0.25, 0.3) is 5.91 Å². The van der Waals surface area contributed by atoms with Crippen LogP contribution in [0.3, 0.4) is 0 Å². The molecule has 172 valence electrons. The number of benzene rings is 2. The molecule has 0 N–H and O–H groups in total. The van der Waals surface area contributed by atoms with Crippen molar-refractivity contribution in [1.29, 1.82) is 0 Å². The van der Waals surface area contributed by atoms with E-state index in [1.165, 1.54) is 7.11 Å². The minimum absolute atomic E-state index is 0.325. The molecule has 0 radical (unpaired) electrons. The largest absolute Gasteiger partial charge is 0.493 e. The molecule has 33 heavy (non-hydrogen) atoms. The van der Waals surface area contributed by atoms with Crippen molar-refractivity contribution in [2.45, 2.75) is 39.4 Å². The van der Waals surface area contributed by atoms with Gasteiger partial charge in [0.2, 0.25) is 12.0 Å². The molecule has 2 heterocycles. The molecular formula is C25H26N2O6. The number of nitrogens with zero attached hydrogens (tertiary/aromatic N) is 2. The van der Waals surface area contributed by atoms with Crippen LogP contribution in [0.4, 0.5) is 4.79 Å². The summed E-state index contributed by atoms with van der Waals surface area (Å²) in [5, 5.41) is 0. The maximum absolute atomic E-state index is 12.6. The number of hydrogen-bond acceptors (Lipinski definition) is 7. The van der Waals surface area contributed by atoms with E-state index in [-0.39, 0.29) is 5.91 Å². The van der Waals surface area contributed by atoms with Gasteiger partial charge in [-0.2, -0.15) is 0 Å². The summed E-state index contributed by atoms with van der Waals surface area (Å²) in [4.78, 5) is 30.4. The van der Waals surface area contributed by atoms with Crippen molar-refractivity contribution in [1.82, 2.24) is 9.88 Å². The maximum atomic E-state index is 12.6. The highest BCUT2D eigenvalue weighted by Gasteiger charge is 2.41. The highest BCUT2D eigenvalue weighted by atomic mass is 16.6. The van der Waals surface area contributed by atoms with Crippen molar-refractivity contribution in [3.8, 4) is 23.0 Å². The van der Waals surface area contributed by atoms with Gasteiger partial charge in [-0.3, -0.25) is 4.79 Å². The number of aromatic nitrogens is 1. The summed E-state index contributed by atoms with van der Waals surface area (Å²) >= 11 is 0. The molecule has 2 amide bonds. The van der Waals surface area contributed by atoms with Gasteiger partial charge >= 0.3 is 6.09 Å². The molecule has 1 aliphatic heterocycles. The minimum atomic E-state index is -0.990. The number of amides is 2. The first-order chi connectivity index (χ1) is 15.9. The van der Waals surface area contributed by atoms with Gasteiger partial charge in [0.1, 0.15) is 17.6 Å². The fraction of sp³-hybridized carbons (Fsp3) is 0.320. The molecule has 3 aromatic rings. The zero-order valence-electron chi connectivity index (χ0n) is 19.0. The van der Waals surface area contributed by atoms with Gasteiger partial charge in [-0.15, -0.1) is 0 Å². The highest BCUT2D eigenvalue weighted by molar-refractivity contribution is 6.00. The first-order valence-electron chi connectivity index (χ1n) is 10.8. The number of rotatable bonds is 8. The molecule has 8 heteroatoms. The second-order valence-electron chi connectivity index (χ2n) is 7.75. The van der Waals surface area contributed by atoms with E-state index in [1.807, 2.05) is 51.1 Å². The number of methoxy groups -OCH3 is 1. The average molecular weight is 450 g/mol. The Morgan fingerprint density at radius 3 is 2.58 bits per heavy atom. The monoisotopic (exact) mass is 450 g/mol. The van der Waals surface area contributed by atoms with Crippen LogP contribution in [0.5, 0.6) is 11.5 Å². The Hall–Kier alpha value is -3.81. The molecule has 4 rings (SSSR count). The standard InChI is InChI=1S/C25H26N2O6/c1-5-13-27-24(28)22(33-25(27)29)18-11-12-19(20(14-18)30-4)31-15(2)21-16(3)32-23(26-21)17-9-7-6-8-10-17/h6-12,14-15,22H,5,13H2,1-4H3. The number of imide groups is 1. The molecule has 1 fully saturated rings. The lowest BCUT2D eigenvalue weighted by molar-refractivity contribution is -0.129. The molecule has 8 nitrogen and oxygen atoms in total. The van der Waals surface area contributed by atoms with E-state index in [2.05, 4.69) is 4.98 Å². The molecule has 2 atom stereocenters. The Balaban J connectivity index is 1.54. The van der Waals surface area contributed by atoms with Gasteiger partial charge in [-0.05, 0) is 44.5 Å². The molecule has 0 aliphatic carbocycles. The number of aryl methyl sites for hydroxylation is 1. The SMILES string of the molecule is CCCN1C(=O)OC(c2ccc(OC(C)c3nc(-c4ccccc4)oc3C)c(OC)c2)C1=O. The molecule has 2 unspecified atom stereocenters. The lowest BCUT2D eigenvalue weighted by Crippen LogP contribution is -2.30. The van der Waals surface area contributed by atoms with E-state index in [1.54, 1.807) is 18.2 Å². The van der Waals surface area contributed by atoms with Gasteiger partial charge < -0.3 is 18.6 Å². The van der Waals surface area contributed by atoms with Crippen LogP contribution in [-0.2, 0) is 9.53 Å². The third kappa shape index (κ3) is 4.41. The van der Waals surface area contributed by atoms with Crippen molar-refractivity contribution in [2.75, 3.05) is 13.7 Å². The second-order valence-corrected chi connectivity index (χ2v) is 7.75. The van der Waals surface area contributed by atoms with E-state index in [4.69, 9.17) is 18.6 Å². The van der Waals surface area contributed by atoms with E-state index >= 15 is 0 Å². The number of cyclic esters (lactones) is 1. The zero-order chi connectivity index (χ0) is 23.5. The van der Waals surface area contributed by atoms with Crippen LogP contribution in [-0.4, -0.2) is 35.5 Å². The fourth-order valence-electron chi connectivity index (χ4n) is 3.76. The van der Waals surface area contributed by atoms with Crippen LogP contribution in [0.2, 0.25) is 0 Å². The number of carbonyl (C=O) groups is 2. The molecule has 0 bridgehead atoms. The van der Waals surface area contributed by atoms with E-state index in [0.717, 1.165) is 10.5 Å². The van der Waals surface area contributed by atoms with E-state index in [9.17, 15) is 9.59 Å². The van der Waals surface area contributed by atoms with E-state index in [0.29, 0.717) is 47.4 Å². The van der Waals surface area contributed by atoms with Crippen LogP contribution < -0.4 is 9.47 Å². The lowest BCUT2D eigenvalue weighted by Gasteiger charge is -2.17. The first-order valence-corrected chi connectivity index (χ1v) is 10.8. The molecule has 1 saturated heterocycles. The van der Waals surface area contributed by atoms with Crippen molar-refractivity contribution < 1.29 is 28.2 Å². The van der Waals surface area contributed by atoms with Crippen LogP contribution >= 0.6 is 0 Å². The number of oxazole rings is 1. The Morgan fingerprint density at radius 2 is 1.88 bits per heavy atom. The van der Waals surface area contributed by atoms with Crippen LogP contribution in [0.15, 0.2) is 52.9 Å². The Morgan fingerprint density at radius 1 is 1.12 bits per heavy atom. The quantitative estimate of drug-likeness (QED) is 0.464. The molecule has 2 aromatic carbocycles. The van der Waals surface area contributed by atoms with Crippen LogP contribution in [0, 0.1) is 6.92 Å². The summed E-state index contributed by atoms with van der Waals surface area (Å²) < 4.78 is 22.8. The van der Waals surface area contributed by atoms with Crippen LogP contribution in [0.1, 0.15) is 49.5 Å². The Kier molecular flexibility index (Phi) is 6.35. The van der Waals surface area contributed by atoms with Gasteiger partial charge in [0, 0.05) is 17.7 Å². The van der Waals surface area contributed by atoms with Crippen molar-refractivity contribution in [2.24, 2.45) is 0 Å². The second kappa shape index (κ2) is 9.36. The number of ether oxygens (including phenoxy) is 3. The maximum Gasteiger partial charge on any atom is 0.417 e. The zero-order valence-corrected chi connectivity index (χ0v) is 19.0. The van der Waals surface area contributed by atoms with Gasteiger partial charge in [-0.25, -0.2) is 14.7 Å². The lowest BCUT2D eigenvalue weighted by atomic mass is 10.1. The molecule has 1 aromatic heterocycles. The predicted octanol–water partition coefficient (Wildman–Crippen LogP) is 5.23. The average Bonchev–Trinajstić information content (AvgIpc) is 3.35. The summed E-state index contributed by atoms with van der Waals surface area (Å²) in [6, 6.07) is 14.7. The third-order valence-electron chi connectivity index (χ3n) is 5.41. The molecule has 1 aliphatic rings.